The standard InChI is InChI=1S/C6H12N2O2/c7-3-5(6(9)10)8-4-1-2-4/h4-5,8H,1-3,7H2,(H,9,10). The Balaban J connectivity index is 2.24. The van der Waals surface area contributed by atoms with Gasteiger partial charge in [-0.2, -0.15) is 0 Å². The van der Waals surface area contributed by atoms with Crippen LogP contribution < -0.4 is 11.1 Å². The van der Waals surface area contributed by atoms with Crippen molar-refractivity contribution < 1.29 is 9.90 Å². The number of hydrogen-bond donors (Lipinski definition) is 3. The Labute approximate surface area is 59.4 Å². The molecular formula is C6H12N2O2. The zero-order valence-corrected chi connectivity index (χ0v) is 5.71. The summed E-state index contributed by atoms with van der Waals surface area (Å²) in [5.74, 6) is -0.852. The van der Waals surface area contributed by atoms with E-state index in [1.54, 1.807) is 0 Å². The Morgan fingerprint density at radius 2 is 2.40 bits per heavy atom. The average molecular weight is 144 g/mol. The number of nitrogens with two attached hydrogens (primary N) is 1. The van der Waals surface area contributed by atoms with E-state index in [1.807, 2.05) is 0 Å². The molecule has 0 bridgehead atoms. The second-order valence-corrected chi connectivity index (χ2v) is 2.57. The van der Waals surface area contributed by atoms with Crippen LogP contribution in [0, 0.1) is 0 Å². The van der Waals surface area contributed by atoms with Crippen molar-refractivity contribution in [2.45, 2.75) is 24.9 Å². The summed E-state index contributed by atoms with van der Waals surface area (Å²) >= 11 is 0. The van der Waals surface area contributed by atoms with E-state index >= 15 is 0 Å². The second-order valence-electron chi connectivity index (χ2n) is 2.57. The number of hydrogen-bond acceptors (Lipinski definition) is 3. The SMILES string of the molecule is NCC(NC1CC1)C(=O)O. The van der Waals surface area contributed by atoms with Gasteiger partial charge in [-0.25, -0.2) is 0 Å². The van der Waals surface area contributed by atoms with Crippen molar-refractivity contribution in [3.05, 3.63) is 0 Å². The molecule has 1 aliphatic rings. The minimum atomic E-state index is -0.852. The van der Waals surface area contributed by atoms with Gasteiger partial charge < -0.3 is 16.2 Å². The average Bonchev–Trinajstić information content (AvgIpc) is 2.64. The number of aliphatic carboxylic acids is 1. The van der Waals surface area contributed by atoms with Gasteiger partial charge in [-0.15, -0.1) is 0 Å². The van der Waals surface area contributed by atoms with Crippen molar-refractivity contribution in [3.8, 4) is 0 Å². The molecular weight excluding hydrogens is 132 g/mol. The van der Waals surface area contributed by atoms with Crippen LogP contribution in [0.15, 0.2) is 0 Å². The lowest BCUT2D eigenvalue weighted by Crippen LogP contribution is -2.43. The van der Waals surface area contributed by atoms with Crippen LogP contribution in [0.5, 0.6) is 0 Å². The topological polar surface area (TPSA) is 75.3 Å². The monoisotopic (exact) mass is 144 g/mol. The largest absolute Gasteiger partial charge is 0.480 e. The van der Waals surface area contributed by atoms with Crippen LogP contribution in [0.4, 0.5) is 0 Å². The molecule has 1 saturated carbocycles. The van der Waals surface area contributed by atoms with E-state index in [9.17, 15) is 4.79 Å². The summed E-state index contributed by atoms with van der Waals surface area (Å²) in [5, 5.41) is 11.4. The summed E-state index contributed by atoms with van der Waals surface area (Å²) in [6.45, 7) is 0.172. The summed E-state index contributed by atoms with van der Waals surface area (Å²) in [6.07, 6.45) is 2.17. The molecule has 58 valence electrons. The third-order valence-corrected chi connectivity index (χ3v) is 1.55. The van der Waals surface area contributed by atoms with Gasteiger partial charge in [-0.3, -0.25) is 4.79 Å². The molecule has 0 aromatic heterocycles. The van der Waals surface area contributed by atoms with E-state index in [0.29, 0.717) is 6.04 Å². The lowest BCUT2D eigenvalue weighted by Gasteiger charge is -2.09. The molecule has 0 amide bonds. The number of carbonyl (C=O) groups is 1. The highest BCUT2D eigenvalue weighted by Crippen LogP contribution is 2.19. The van der Waals surface area contributed by atoms with Crippen LogP contribution >= 0.6 is 0 Å². The van der Waals surface area contributed by atoms with Crippen LogP contribution in [-0.2, 0) is 4.79 Å². The molecule has 0 radical (unpaired) electrons. The number of carboxylic acid groups (broad SMARTS) is 1. The maximum absolute atomic E-state index is 10.4. The Bertz CT molecular complexity index is 134. The Morgan fingerprint density at radius 1 is 1.80 bits per heavy atom. The van der Waals surface area contributed by atoms with Gasteiger partial charge in [0.15, 0.2) is 0 Å². The van der Waals surface area contributed by atoms with E-state index in [-0.39, 0.29) is 6.54 Å². The van der Waals surface area contributed by atoms with E-state index in [2.05, 4.69) is 5.32 Å². The van der Waals surface area contributed by atoms with Crippen LogP contribution in [0.2, 0.25) is 0 Å². The van der Waals surface area contributed by atoms with E-state index in [0.717, 1.165) is 12.8 Å². The lowest BCUT2D eigenvalue weighted by atomic mass is 10.3. The molecule has 4 N–H and O–H groups in total. The van der Waals surface area contributed by atoms with Gasteiger partial charge in [0.2, 0.25) is 0 Å². The van der Waals surface area contributed by atoms with Crippen molar-refractivity contribution in [3.63, 3.8) is 0 Å². The molecule has 4 nitrogen and oxygen atoms in total. The van der Waals surface area contributed by atoms with E-state index < -0.39 is 12.0 Å². The highest BCUT2D eigenvalue weighted by atomic mass is 16.4. The van der Waals surface area contributed by atoms with Gasteiger partial charge in [0.1, 0.15) is 6.04 Å². The molecule has 0 aromatic carbocycles. The fraction of sp³-hybridized carbons (Fsp3) is 0.833. The van der Waals surface area contributed by atoms with Crippen molar-refractivity contribution in [2.75, 3.05) is 6.54 Å². The Morgan fingerprint density at radius 3 is 2.70 bits per heavy atom. The van der Waals surface area contributed by atoms with Gasteiger partial charge in [0.05, 0.1) is 0 Å². The van der Waals surface area contributed by atoms with Crippen molar-refractivity contribution in [1.82, 2.24) is 5.32 Å². The van der Waals surface area contributed by atoms with Gasteiger partial charge >= 0.3 is 5.97 Å². The second kappa shape index (κ2) is 2.98. The quantitative estimate of drug-likeness (QED) is 0.480. The molecule has 1 atom stereocenters. The molecule has 10 heavy (non-hydrogen) atoms. The first-order valence-electron chi connectivity index (χ1n) is 3.43. The predicted octanol–water partition coefficient (Wildman–Crippen LogP) is -0.850. The van der Waals surface area contributed by atoms with Crippen LogP contribution in [-0.4, -0.2) is 29.7 Å². The molecule has 1 fully saturated rings. The minimum absolute atomic E-state index is 0.172. The summed E-state index contributed by atoms with van der Waals surface area (Å²) in [4.78, 5) is 10.4. The first kappa shape index (κ1) is 7.50. The summed E-state index contributed by atoms with van der Waals surface area (Å²) < 4.78 is 0. The molecule has 0 heterocycles. The van der Waals surface area contributed by atoms with Gasteiger partial charge in [0.25, 0.3) is 0 Å². The summed E-state index contributed by atoms with van der Waals surface area (Å²) in [6, 6.07) is -0.142. The van der Waals surface area contributed by atoms with Crippen molar-refractivity contribution in [1.29, 1.82) is 0 Å². The number of rotatable bonds is 4. The van der Waals surface area contributed by atoms with Crippen molar-refractivity contribution >= 4 is 5.97 Å². The highest BCUT2D eigenvalue weighted by Gasteiger charge is 2.26. The molecule has 1 rings (SSSR count). The first-order chi connectivity index (χ1) is 4.74. The van der Waals surface area contributed by atoms with E-state index in [4.69, 9.17) is 10.8 Å². The van der Waals surface area contributed by atoms with Crippen molar-refractivity contribution in [2.24, 2.45) is 5.73 Å². The maximum Gasteiger partial charge on any atom is 0.322 e. The fourth-order valence-electron chi connectivity index (χ4n) is 0.775. The van der Waals surface area contributed by atoms with Gasteiger partial charge in [-0.1, -0.05) is 0 Å². The maximum atomic E-state index is 10.4. The third-order valence-electron chi connectivity index (χ3n) is 1.55. The first-order valence-corrected chi connectivity index (χ1v) is 3.43. The Hall–Kier alpha value is -0.610. The predicted molar refractivity (Wildman–Crippen MR) is 36.6 cm³/mol. The Kier molecular flexibility index (Phi) is 2.24. The minimum Gasteiger partial charge on any atom is -0.480 e. The summed E-state index contributed by atoms with van der Waals surface area (Å²) in [5.41, 5.74) is 5.21. The lowest BCUT2D eigenvalue weighted by molar-refractivity contribution is -0.139. The molecule has 1 aliphatic carbocycles. The fourth-order valence-corrected chi connectivity index (χ4v) is 0.775. The number of nitrogens with one attached hydrogen (secondary N) is 1. The molecule has 0 aliphatic heterocycles. The molecule has 1 unspecified atom stereocenters. The van der Waals surface area contributed by atoms with Crippen LogP contribution in [0.25, 0.3) is 0 Å². The molecule has 0 aromatic rings. The highest BCUT2D eigenvalue weighted by molar-refractivity contribution is 5.73. The zero-order chi connectivity index (χ0) is 7.56. The molecule has 0 spiro atoms. The van der Waals surface area contributed by atoms with Gasteiger partial charge in [-0.05, 0) is 12.8 Å². The van der Waals surface area contributed by atoms with Crippen LogP contribution in [0.1, 0.15) is 12.8 Å². The third kappa shape index (κ3) is 1.97. The molecule has 4 heteroatoms. The number of carboxylic acids is 1. The van der Waals surface area contributed by atoms with E-state index in [1.165, 1.54) is 0 Å². The van der Waals surface area contributed by atoms with Gasteiger partial charge in [0, 0.05) is 12.6 Å². The summed E-state index contributed by atoms with van der Waals surface area (Å²) in [7, 11) is 0. The zero-order valence-electron chi connectivity index (χ0n) is 5.71. The normalized spacial score (nSPS) is 20.5. The van der Waals surface area contributed by atoms with Crippen LogP contribution in [0.3, 0.4) is 0 Å². The smallest absolute Gasteiger partial charge is 0.322 e. The molecule has 0 saturated heterocycles.